The van der Waals surface area contributed by atoms with Crippen molar-refractivity contribution >= 4 is 23.9 Å². The van der Waals surface area contributed by atoms with Gasteiger partial charge in [-0.15, -0.1) is 0 Å². The molecule has 0 bridgehead atoms. The average Bonchev–Trinajstić information content (AvgIpc) is 2.58. The van der Waals surface area contributed by atoms with E-state index in [2.05, 4.69) is 9.82 Å². The van der Waals surface area contributed by atoms with Crippen molar-refractivity contribution in [3.63, 3.8) is 0 Å². The molecule has 1 aromatic rings. The lowest BCUT2D eigenvalue weighted by molar-refractivity contribution is 0.0574. The predicted molar refractivity (Wildman–Crippen MR) is 68.6 cm³/mol. The molecule has 0 aromatic carbocycles. The van der Waals surface area contributed by atoms with Crippen LogP contribution in [0, 0.1) is 0 Å². The van der Waals surface area contributed by atoms with Crippen molar-refractivity contribution in [3.05, 3.63) is 12.4 Å². The zero-order chi connectivity index (χ0) is 13.1. The Balaban J connectivity index is 2.38. The molecule has 0 fully saturated rings. The fraction of sp³-hybridized carbons (Fsp3) is 0.600. The van der Waals surface area contributed by atoms with Crippen LogP contribution in [-0.4, -0.2) is 28.5 Å². The highest BCUT2D eigenvalue weighted by atomic mass is 32.2. The SMILES string of the molecule is CN(SNC(=O)OC(C)(C)C)c1cnn(C)c1. The summed E-state index contributed by atoms with van der Waals surface area (Å²) in [5, 5.41) is 4.04. The van der Waals surface area contributed by atoms with Crippen molar-refractivity contribution < 1.29 is 9.53 Å². The summed E-state index contributed by atoms with van der Waals surface area (Å²) in [5.41, 5.74) is 0.408. The first-order chi connectivity index (χ1) is 7.78. The maximum Gasteiger partial charge on any atom is 0.419 e. The molecule has 96 valence electrons. The fourth-order valence-corrected chi connectivity index (χ4v) is 1.48. The molecule has 1 aromatic heterocycles. The number of aryl methyl sites for hydroxylation is 1. The lowest BCUT2D eigenvalue weighted by Crippen LogP contribution is -2.31. The molecule has 1 rings (SSSR count). The molecule has 0 saturated carbocycles. The highest BCUT2D eigenvalue weighted by Crippen LogP contribution is 2.17. The number of hydrogen-bond donors (Lipinski definition) is 1. The monoisotopic (exact) mass is 258 g/mol. The quantitative estimate of drug-likeness (QED) is 0.840. The molecule has 6 nitrogen and oxygen atoms in total. The summed E-state index contributed by atoms with van der Waals surface area (Å²) < 4.78 is 11.2. The zero-order valence-corrected chi connectivity index (χ0v) is 11.5. The van der Waals surface area contributed by atoms with Gasteiger partial charge in [-0.3, -0.25) is 8.99 Å². The van der Waals surface area contributed by atoms with Gasteiger partial charge in [-0.1, -0.05) is 0 Å². The van der Waals surface area contributed by atoms with Crippen molar-refractivity contribution in [2.75, 3.05) is 11.4 Å². The number of rotatable bonds is 3. The summed E-state index contributed by atoms with van der Waals surface area (Å²) in [6, 6.07) is 0. The number of nitrogens with zero attached hydrogens (tertiary/aromatic N) is 3. The number of ether oxygens (including phenoxy) is 1. The first kappa shape index (κ1) is 13.7. The van der Waals surface area contributed by atoms with Gasteiger partial charge >= 0.3 is 6.09 Å². The largest absolute Gasteiger partial charge is 0.443 e. The van der Waals surface area contributed by atoms with E-state index in [1.165, 1.54) is 0 Å². The molecule has 0 saturated heterocycles. The van der Waals surface area contributed by atoms with Crippen LogP contribution < -0.4 is 9.03 Å². The van der Waals surface area contributed by atoms with Crippen LogP contribution in [0.25, 0.3) is 0 Å². The summed E-state index contributed by atoms with van der Waals surface area (Å²) in [6.45, 7) is 5.46. The Morgan fingerprint density at radius 1 is 1.59 bits per heavy atom. The third-order valence-electron chi connectivity index (χ3n) is 1.72. The number of carbonyl (C=O) groups is 1. The second-order valence-electron chi connectivity index (χ2n) is 4.56. The second-order valence-corrected chi connectivity index (χ2v) is 5.50. The smallest absolute Gasteiger partial charge is 0.419 e. The molecular weight excluding hydrogens is 240 g/mol. The van der Waals surface area contributed by atoms with Gasteiger partial charge in [0.2, 0.25) is 0 Å². The van der Waals surface area contributed by atoms with E-state index in [0.717, 1.165) is 17.8 Å². The Labute approximate surface area is 106 Å². The van der Waals surface area contributed by atoms with Gasteiger partial charge in [0, 0.05) is 20.3 Å². The summed E-state index contributed by atoms with van der Waals surface area (Å²) in [5.74, 6) is 0. The number of amides is 1. The van der Waals surface area contributed by atoms with E-state index in [4.69, 9.17) is 4.74 Å². The standard InChI is InChI=1S/C10H18N4O2S/c1-10(2,3)16-9(15)12-17-14(5)8-6-11-13(4)7-8/h6-7H,1-5H3,(H,12,15). The van der Waals surface area contributed by atoms with E-state index in [0.29, 0.717) is 0 Å². The van der Waals surface area contributed by atoms with Crippen molar-refractivity contribution in [2.45, 2.75) is 26.4 Å². The minimum absolute atomic E-state index is 0.460. The van der Waals surface area contributed by atoms with Crippen LogP contribution in [0.5, 0.6) is 0 Å². The summed E-state index contributed by atoms with van der Waals surface area (Å²) >= 11 is 1.15. The van der Waals surface area contributed by atoms with Crippen molar-refractivity contribution in [1.29, 1.82) is 0 Å². The minimum atomic E-state index is -0.489. The van der Waals surface area contributed by atoms with E-state index < -0.39 is 11.7 Å². The van der Waals surface area contributed by atoms with Crippen LogP contribution in [0.15, 0.2) is 12.4 Å². The molecule has 1 heterocycles. The average molecular weight is 258 g/mol. The molecule has 7 heteroatoms. The van der Waals surface area contributed by atoms with Gasteiger partial charge in [-0.05, 0) is 20.8 Å². The maximum atomic E-state index is 11.4. The fourth-order valence-electron chi connectivity index (χ4n) is 1.03. The highest BCUT2D eigenvalue weighted by molar-refractivity contribution is 7.99. The Bertz CT molecular complexity index is 386. The van der Waals surface area contributed by atoms with Crippen LogP contribution in [-0.2, 0) is 11.8 Å². The number of hydrogen-bond acceptors (Lipinski definition) is 5. The molecule has 1 N–H and O–H groups in total. The van der Waals surface area contributed by atoms with E-state index >= 15 is 0 Å². The topological polar surface area (TPSA) is 59.4 Å². The molecule has 0 radical (unpaired) electrons. The number of aromatic nitrogens is 2. The van der Waals surface area contributed by atoms with E-state index in [1.54, 1.807) is 15.2 Å². The van der Waals surface area contributed by atoms with Gasteiger partial charge in [0.15, 0.2) is 0 Å². The normalized spacial score (nSPS) is 11.1. The number of nitrogens with one attached hydrogen (secondary N) is 1. The van der Waals surface area contributed by atoms with Gasteiger partial charge in [0.25, 0.3) is 0 Å². The van der Waals surface area contributed by atoms with Gasteiger partial charge in [0.05, 0.1) is 24.0 Å². The molecule has 0 aliphatic heterocycles. The molecule has 1 amide bonds. The molecule has 0 aliphatic carbocycles. The Kier molecular flexibility index (Phi) is 4.28. The number of anilines is 1. The van der Waals surface area contributed by atoms with Crippen LogP contribution in [0.2, 0.25) is 0 Å². The lowest BCUT2D eigenvalue weighted by atomic mass is 10.2. The first-order valence-electron chi connectivity index (χ1n) is 5.16. The Morgan fingerprint density at radius 3 is 2.71 bits per heavy atom. The second kappa shape index (κ2) is 5.31. The van der Waals surface area contributed by atoms with Gasteiger partial charge in [-0.2, -0.15) is 5.10 Å². The van der Waals surface area contributed by atoms with Crippen molar-refractivity contribution in [3.8, 4) is 0 Å². The number of carbonyl (C=O) groups excluding carboxylic acids is 1. The third kappa shape index (κ3) is 4.99. The Hall–Kier alpha value is -1.37. The van der Waals surface area contributed by atoms with Gasteiger partial charge in [-0.25, -0.2) is 9.52 Å². The molecule has 0 unspecified atom stereocenters. The summed E-state index contributed by atoms with van der Waals surface area (Å²) in [7, 11) is 3.67. The van der Waals surface area contributed by atoms with Crippen LogP contribution in [0.3, 0.4) is 0 Å². The third-order valence-corrected chi connectivity index (χ3v) is 2.46. The van der Waals surface area contributed by atoms with Gasteiger partial charge in [0.1, 0.15) is 5.60 Å². The highest BCUT2D eigenvalue weighted by Gasteiger charge is 2.16. The first-order valence-corrected chi connectivity index (χ1v) is 5.93. The molecular formula is C10H18N4O2S. The van der Waals surface area contributed by atoms with Crippen molar-refractivity contribution in [2.24, 2.45) is 7.05 Å². The molecule has 0 spiro atoms. The predicted octanol–water partition coefficient (Wildman–Crippen LogP) is 1.94. The van der Waals surface area contributed by atoms with E-state index in [-0.39, 0.29) is 0 Å². The van der Waals surface area contributed by atoms with Crippen molar-refractivity contribution in [1.82, 2.24) is 14.5 Å². The molecule has 0 aliphatic rings. The molecule has 0 atom stereocenters. The summed E-state index contributed by atoms with van der Waals surface area (Å²) in [6.07, 6.45) is 3.10. The molecule has 17 heavy (non-hydrogen) atoms. The maximum absolute atomic E-state index is 11.4. The van der Waals surface area contributed by atoms with Crippen LogP contribution in [0.1, 0.15) is 20.8 Å². The van der Waals surface area contributed by atoms with Crippen LogP contribution >= 0.6 is 12.1 Å². The lowest BCUT2D eigenvalue weighted by Gasteiger charge is -2.21. The van der Waals surface area contributed by atoms with Crippen LogP contribution in [0.4, 0.5) is 10.5 Å². The minimum Gasteiger partial charge on any atom is -0.443 e. The van der Waals surface area contributed by atoms with Gasteiger partial charge < -0.3 is 4.74 Å². The zero-order valence-electron chi connectivity index (χ0n) is 10.7. The summed E-state index contributed by atoms with van der Waals surface area (Å²) in [4.78, 5) is 11.4. The van der Waals surface area contributed by atoms with E-state index in [9.17, 15) is 4.79 Å². The Morgan fingerprint density at radius 2 is 2.24 bits per heavy atom. The van der Waals surface area contributed by atoms with E-state index in [1.807, 2.05) is 41.1 Å².